The van der Waals surface area contributed by atoms with E-state index in [4.69, 9.17) is 18.9 Å². The predicted octanol–water partition coefficient (Wildman–Crippen LogP) is 2.71. The Balaban J connectivity index is 2.89. The lowest BCUT2D eigenvalue weighted by Gasteiger charge is -2.18. The quantitative estimate of drug-likeness (QED) is 0.639. The zero-order valence-corrected chi connectivity index (χ0v) is 12.8. The Bertz CT molecular complexity index is 672. The largest absolute Gasteiger partial charge is 0.490 e. The molecule has 0 amide bonds. The van der Waals surface area contributed by atoms with E-state index in [9.17, 15) is 9.59 Å². The average molecular weight is 304 g/mol. The number of methoxy groups -OCH3 is 2. The molecule has 22 heavy (non-hydrogen) atoms. The third kappa shape index (κ3) is 2.81. The van der Waals surface area contributed by atoms with Crippen molar-refractivity contribution in [3.63, 3.8) is 0 Å². The van der Waals surface area contributed by atoms with E-state index in [2.05, 4.69) is 0 Å². The number of carbonyl (C=O) groups excluding carboxylic acids is 2. The van der Waals surface area contributed by atoms with Crippen molar-refractivity contribution >= 4 is 22.7 Å². The van der Waals surface area contributed by atoms with E-state index in [1.165, 1.54) is 28.1 Å². The molecule has 0 aliphatic rings. The fourth-order valence-corrected chi connectivity index (χ4v) is 2.19. The van der Waals surface area contributed by atoms with Gasteiger partial charge in [0.25, 0.3) is 0 Å². The van der Waals surface area contributed by atoms with Gasteiger partial charge in [-0.15, -0.1) is 0 Å². The molecule has 2 rings (SSSR count). The molecule has 0 atom stereocenters. The number of hydrogen-bond acceptors (Lipinski definition) is 6. The van der Waals surface area contributed by atoms with Crippen LogP contribution in [0.1, 0.15) is 13.8 Å². The minimum Gasteiger partial charge on any atom is -0.490 e. The topological polar surface area (TPSA) is 71.1 Å². The van der Waals surface area contributed by atoms with Gasteiger partial charge in [-0.1, -0.05) is 24.3 Å². The average Bonchev–Trinajstić information content (AvgIpc) is 2.48. The van der Waals surface area contributed by atoms with Crippen molar-refractivity contribution in [2.45, 2.75) is 13.8 Å². The lowest BCUT2D eigenvalue weighted by Crippen LogP contribution is -2.08. The van der Waals surface area contributed by atoms with Crippen molar-refractivity contribution in [1.82, 2.24) is 0 Å². The smallest absolute Gasteiger partial charge is 0.308 e. The van der Waals surface area contributed by atoms with Gasteiger partial charge >= 0.3 is 11.9 Å². The maximum atomic E-state index is 11.4. The molecule has 116 valence electrons. The minimum absolute atomic E-state index is 0.188. The Labute approximate surface area is 127 Å². The highest BCUT2D eigenvalue weighted by Gasteiger charge is 2.25. The Morgan fingerprint density at radius 1 is 0.727 bits per heavy atom. The monoisotopic (exact) mass is 304 g/mol. The Morgan fingerprint density at radius 3 is 1.36 bits per heavy atom. The summed E-state index contributed by atoms with van der Waals surface area (Å²) >= 11 is 0. The van der Waals surface area contributed by atoms with E-state index in [0.717, 1.165) is 0 Å². The van der Waals surface area contributed by atoms with Gasteiger partial charge in [0.1, 0.15) is 0 Å². The SMILES string of the molecule is COc1c(OC)c(OC(C)=O)c2ccccc2c1OC(C)=O. The number of ether oxygens (including phenoxy) is 4. The van der Waals surface area contributed by atoms with Crippen LogP contribution < -0.4 is 18.9 Å². The van der Waals surface area contributed by atoms with E-state index >= 15 is 0 Å². The number of esters is 2. The summed E-state index contributed by atoms with van der Waals surface area (Å²) in [6.45, 7) is 2.58. The maximum Gasteiger partial charge on any atom is 0.308 e. The van der Waals surface area contributed by atoms with Crippen LogP contribution >= 0.6 is 0 Å². The normalized spacial score (nSPS) is 10.2. The molecule has 0 fully saturated rings. The summed E-state index contributed by atoms with van der Waals surface area (Å²) in [4.78, 5) is 22.8. The Morgan fingerprint density at radius 2 is 1.09 bits per heavy atom. The Kier molecular flexibility index (Phi) is 4.50. The molecule has 0 aliphatic heterocycles. The summed E-state index contributed by atoms with van der Waals surface area (Å²) in [6, 6.07) is 7.03. The molecule has 0 N–H and O–H groups in total. The van der Waals surface area contributed by atoms with E-state index < -0.39 is 11.9 Å². The predicted molar refractivity (Wildman–Crippen MR) is 79.7 cm³/mol. The van der Waals surface area contributed by atoms with Gasteiger partial charge in [0.05, 0.1) is 14.2 Å². The molecule has 2 aromatic carbocycles. The van der Waals surface area contributed by atoms with Gasteiger partial charge < -0.3 is 18.9 Å². The van der Waals surface area contributed by atoms with Gasteiger partial charge in [-0.25, -0.2) is 0 Å². The van der Waals surface area contributed by atoms with E-state index in [0.29, 0.717) is 10.8 Å². The summed E-state index contributed by atoms with van der Waals surface area (Å²) in [6.07, 6.45) is 0. The van der Waals surface area contributed by atoms with Crippen LogP contribution in [-0.2, 0) is 9.59 Å². The number of carbonyl (C=O) groups is 2. The van der Waals surface area contributed by atoms with Gasteiger partial charge in [-0.05, 0) is 0 Å². The van der Waals surface area contributed by atoms with Crippen LogP contribution in [-0.4, -0.2) is 26.2 Å². The van der Waals surface area contributed by atoms with Crippen LogP contribution in [0.25, 0.3) is 10.8 Å². The zero-order valence-electron chi connectivity index (χ0n) is 12.8. The number of benzene rings is 2. The van der Waals surface area contributed by atoms with Gasteiger partial charge in [-0.2, -0.15) is 0 Å². The third-order valence-electron chi connectivity index (χ3n) is 2.93. The summed E-state index contributed by atoms with van der Waals surface area (Å²) in [5.41, 5.74) is 0. The zero-order chi connectivity index (χ0) is 16.3. The third-order valence-corrected chi connectivity index (χ3v) is 2.93. The lowest BCUT2D eigenvalue weighted by atomic mass is 10.1. The fraction of sp³-hybridized carbons (Fsp3) is 0.250. The van der Waals surface area contributed by atoms with Crippen molar-refractivity contribution in [1.29, 1.82) is 0 Å². The second-order valence-electron chi connectivity index (χ2n) is 4.46. The highest BCUT2D eigenvalue weighted by Crippen LogP contribution is 2.51. The first-order chi connectivity index (χ1) is 10.5. The molecule has 6 heteroatoms. The maximum absolute atomic E-state index is 11.4. The Hall–Kier alpha value is -2.76. The van der Waals surface area contributed by atoms with Crippen LogP contribution in [0.2, 0.25) is 0 Å². The molecule has 0 spiro atoms. The molecule has 0 unspecified atom stereocenters. The molecule has 0 aromatic heterocycles. The second-order valence-corrected chi connectivity index (χ2v) is 4.46. The number of hydrogen-bond donors (Lipinski definition) is 0. The van der Waals surface area contributed by atoms with Crippen LogP contribution in [0.4, 0.5) is 0 Å². The van der Waals surface area contributed by atoms with Crippen molar-refractivity contribution in [3.8, 4) is 23.0 Å². The van der Waals surface area contributed by atoms with Crippen molar-refractivity contribution in [3.05, 3.63) is 24.3 Å². The van der Waals surface area contributed by atoms with Crippen LogP contribution in [0.15, 0.2) is 24.3 Å². The molecular weight excluding hydrogens is 288 g/mol. The van der Waals surface area contributed by atoms with Gasteiger partial charge in [0, 0.05) is 24.6 Å². The van der Waals surface area contributed by atoms with Crippen LogP contribution in [0.5, 0.6) is 23.0 Å². The van der Waals surface area contributed by atoms with Crippen molar-refractivity contribution in [2.75, 3.05) is 14.2 Å². The first kappa shape index (κ1) is 15.6. The highest BCUT2D eigenvalue weighted by atomic mass is 16.6. The number of rotatable bonds is 4. The molecule has 0 saturated heterocycles. The van der Waals surface area contributed by atoms with Crippen molar-refractivity contribution < 1.29 is 28.5 Å². The summed E-state index contributed by atoms with van der Waals surface area (Å²) < 4.78 is 21.1. The standard InChI is InChI=1S/C16H16O6/c1-9(17)21-13-11-7-5-6-8-12(11)14(22-10(2)18)16(20-4)15(13)19-3/h5-8H,1-4H3. The first-order valence-corrected chi connectivity index (χ1v) is 6.53. The molecule has 0 saturated carbocycles. The number of fused-ring (bicyclic) bond motifs is 1. The molecule has 0 heterocycles. The first-order valence-electron chi connectivity index (χ1n) is 6.53. The van der Waals surface area contributed by atoms with Gasteiger partial charge in [0.2, 0.25) is 11.5 Å². The van der Waals surface area contributed by atoms with Crippen molar-refractivity contribution in [2.24, 2.45) is 0 Å². The minimum atomic E-state index is -0.495. The summed E-state index contributed by atoms with van der Waals surface area (Å²) in [7, 11) is 2.83. The second kappa shape index (κ2) is 6.34. The highest BCUT2D eigenvalue weighted by molar-refractivity contribution is 6.01. The lowest BCUT2D eigenvalue weighted by molar-refractivity contribution is -0.133. The van der Waals surface area contributed by atoms with E-state index in [-0.39, 0.29) is 23.0 Å². The molecule has 0 aliphatic carbocycles. The van der Waals surface area contributed by atoms with E-state index in [1.807, 2.05) is 0 Å². The van der Waals surface area contributed by atoms with Crippen LogP contribution in [0.3, 0.4) is 0 Å². The molecule has 0 radical (unpaired) electrons. The molecular formula is C16H16O6. The van der Waals surface area contributed by atoms with Crippen LogP contribution in [0, 0.1) is 0 Å². The molecule has 0 bridgehead atoms. The fourth-order valence-electron chi connectivity index (χ4n) is 2.19. The molecule has 6 nitrogen and oxygen atoms in total. The summed E-state index contributed by atoms with van der Waals surface area (Å²) in [5, 5.41) is 1.15. The van der Waals surface area contributed by atoms with Gasteiger partial charge in [0.15, 0.2) is 11.5 Å². The summed E-state index contributed by atoms with van der Waals surface area (Å²) in [5.74, 6) is -0.173. The van der Waals surface area contributed by atoms with Gasteiger partial charge in [-0.3, -0.25) is 9.59 Å². The molecule has 2 aromatic rings. The van der Waals surface area contributed by atoms with E-state index in [1.54, 1.807) is 24.3 Å².